The molecule has 1 saturated heterocycles. The third-order valence-electron chi connectivity index (χ3n) is 5.09. The molecule has 0 aliphatic carbocycles. The minimum atomic E-state index is -0.551. The van der Waals surface area contributed by atoms with Gasteiger partial charge in [0.1, 0.15) is 24.3 Å². The van der Waals surface area contributed by atoms with E-state index < -0.39 is 24.1 Å². The Bertz CT molecular complexity index is 1010. The highest BCUT2D eigenvalue weighted by atomic mass is 32.2. The number of hydrogen-bond acceptors (Lipinski definition) is 6. The number of rotatable bonds is 7. The SMILES string of the molecule is O=C(OC[C@H]1O[C@H](Sc2ccccc2)CC[C@@H]1OC(=O)c1ccccc1)c1ccccc1. The van der Waals surface area contributed by atoms with Gasteiger partial charge in [0, 0.05) is 4.90 Å². The van der Waals surface area contributed by atoms with Crippen LogP contribution in [0.3, 0.4) is 0 Å². The van der Waals surface area contributed by atoms with Crippen LogP contribution in [0.25, 0.3) is 0 Å². The predicted molar refractivity (Wildman–Crippen MR) is 123 cm³/mol. The van der Waals surface area contributed by atoms with Gasteiger partial charge in [-0.15, -0.1) is 0 Å². The van der Waals surface area contributed by atoms with Crippen LogP contribution in [-0.2, 0) is 14.2 Å². The highest BCUT2D eigenvalue weighted by molar-refractivity contribution is 7.99. The molecule has 3 atom stereocenters. The summed E-state index contributed by atoms with van der Waals surface area (Å²) in [7, 11) is 0. The fraction of sp³-hybridized carbons (Fsp3) is 0.231. The second kappa shape index (κ2) is 11.0. The summed E-state index contributed by atoms with van der Waals surface area (Å²) in [6, 6.07) is 27.6. The number of ether oxygens (including phenoxy) is 3. The molecular formula is C26H24O5S. The minimum absolute atomic E-state index is 0.00626. The molecular weight excluding hydrogens is 424 g/mol. The molecule has 0 aromatic heterocycles. The molecule has 0 radical (unpaired) electrons. The van der Waals surface area contributed by atoms with Gasteiger partial charge in [-0.2, -0.15) is 0 Å². The first-order valence-electron chi connectivity index (χ1n) is 10.5. The third-order valence-corrected chi connectivity index (χ3v) is 6.25. The monoisotopic (exact) mass is 448 g/mol. The van der Waals surface area contributed by atoms with Gasteiger partial charge in [-0.3, -0.25) is 0 Å². The number of carbonyl (C=O) groups excluding carboxylic acids is 2. The average Bonchev–Trinajstić information content (AvgIpc) is 2.85. The van der Waals surface area contributed by atoms with Crippen LogP contribution in [0.5, 0.6) is 0 Å². The minimum Gasteiger partial charge on any atom is -0.459 e. The van der Waals surface area contributed by atoms with Crippen molar-refractivity contribution >= 4 is 23.7 Å². The van der Waals surface area contributed by atoms with Crippen LogP contribution in [0.1, 0.15) is 33.6 Å². The summed E-state index contributed by atoms with van der Waals surface area (Å²) in [5.74, 6) is -0.840. The van der Waals surface area contributed by atoms with E-state index in [-0.39, 0.29) is 12.0 Å². The summed E-state index contributed by atoms with van der Waals surface area (Å²) in [4.78, 5) is 26.1. The van der Waals surface area contributed by atoms with Crippen molar-refractivity contribution < 1.29 is 23.8 Å². The number of carbonyl (C=O) groups is 2. The molecule has 3 aromatic carbocycles. The second-order valence-corrected chi connectivity index (χ2v) is 8.62. The van der Waals surface area contributed by atoms with Gasteiger partial charge < -0.3 is 14.2 Å². The number of esters is 2. The van der Waals surface area contributed by atoms with Crippen molar-refractivity contribution in [2.45, 2.75) is 35.4 Å². The van der Waals surface area contributed by atoms with E-state index in [0.29, 0.717) is 17.5 Å². The summed E-state index contributed by atoms with van der Waals surface area (Å²) < 4.78 is 17.5. The van der Waals surface area contributed by atoms with E-state index in [2.05, 4.69) is 0 Å². The first-order valence-corrected chi connectivity index (χ1v) is 11.4. The van der Waals surface area contributed by atoms with Gasteiger partial charge in [-0.1, -0.05) is 66.4 Å². The number of benzene rings is 3. The summed E-state index contributed by atoms with van der Waals surface area (Å²) >= 11 is 1.61. The normalized spacial score (nSPS) is 20.3. The molecule has 1 aliphatic rings. The lowest BCUT2D eigenvalue weighted by atomic mass is 10.1. The summed E-state index contributed by atoms with van der Waals surface area (Å²) in [6.07, 6.45) is 0.288. The molecule has 1 heterocycles. The maximum atomic E-state index is 12.6. The second-order valence-electron chi connectivity index (χ2n) is 7.39. The molecule has 0 bridgehead atoms. The number of thioether (sulfide) groups is 1. The van der Waals surface area contributed by atoms with Crippen LogP contribution in [-0.4, -0.2) is 36.2 Å². The summed E-state index contributed by atoms with van der Waals surface area (Å²) in [5, 5.41) is 0. The molecule has 0 spiro atoms. The van der Waals surface area contributed by atoms with Crippen molar-refractivity contribution in [1.82, 2.24) is 0 Å². The largest absolute Gasteiger partial charge is 0.459 e. The zero-order valence-corrected chi connectivity index (χ0v) is 18.3. The Morgan fingerprint density at radius 3 is 1.97 bits per heavy atom. The zero-order valence-electron chi connectivity index (χ0n) is 17.5. The molecule has 32 heavy (non-hydrogen) atoms. The van der Waals surface area contributed by atoms with Crippen LogP contribution in [0.2, 0.25) is 0 Å². The third kappa shape index (κ3) is 5.99. The van der Waals surface area contributed by atoms with Gasteiger partial charge >= 0.3 is 11.9 Å². The molecule has 0 saturated carbocycles. The molecule has 5 nitrogen and oxygen atoms in total. The van der Waals surface area contributed by atoms with Crippen LogP contribution < -0.4 is 0 Å². The Labute approximate surface area is 191 Å². The molecule has 0 amide bonds. The summed E-state index contributed by atoms with van der Waals surface area (Å²) in [5.41, 5.74) is 0.828. The van der Waals surface area contributed by atoms with E-state index in [1.54, 1.807) is 60.3 Å². The molecule has 4 rings (SSSR count). The Morgan fingerprint density at radius 2 is 1.34 bits per heavy atom. The van der Waals surface area contributed by atoms with Gasteiger partial charge in [-0.05, 0) is 49.2 Å². The van der Waals surface area contributed by atoms with Crippen LogP contribution in [0.4, 0.5) is 0 Å². The Balaban J connectivity index is 1.43. The van der Waals surface area contributed by atoms with Crippen LogP contribution in [0.15, 0.2) is 95.9 Å². The maximum absolute atomic E-state index is 12.6. The Hall–Kier alpha value is -3.09. The zero-order chi connectivity index (χ0) is 22.2. The fourth-order valence-electron chi connectivity index (χ4n) is 3.45. The van der Waals surface area contributed by atoms with E-state index >= 15 is 0 Å². The molecule has 1 aliphatic heterocycles. The maximum Gasteiger partial charge on any atom is 0.338 e. The lowest BCUT2D eigenvalue weighted by molar-refractivity contribution is -0.114. The van der Waals surface area contributed by atoms with Crippen molar-refractivity contribution in [2.24, 2.45) is 0 Å². The van der Waals surface area contributed by atoms with Gasteiger partial charge in [-0.25, -0.2) is 9.59 Å². The molecule has 0 unspecified atom stereocenters. The highest BCUT2D eigenvalue weighted by Gasteiger charge is 2.35. The van der Waals surface area contributed by atoms with Crippen molar-refractivity contribution in [3.05, 3.63) is 102 Å². The first kappa shape index (κ1) is 22.1. The quantitative estimate of drug-likeness (QED) is 0.453. The van der Waals surface area contributed by atoms with Gasteiger partial charge in [0.25, 0.3) is 0 Å². The van der Waals surface area contributed by atoms with E-state index in [9.17, 15) is 9.59 Å². The standard InChI is InChI=1S/C26H24O5S/c27-25(19-10-4-1-5-11-19)29-18-23-22(31-26(28)20-12-6-2-7-13-20)16-17-24(30-23)32-21-14-8-3-9-15-21/h1-15,22-24H,16-18H2/t22-,23+,24+/m0/s1. The molecule has 164 valence electrons. The van der Waals surface area contributed by atoms with E-state index in [4.69, 9.17) is 14.2 Å². The van der Waals surface area contributed by atoms with E-state index in [0.717, 1.165) is 11.3 Å². The van der Waals surface area contributed by atoms with Crippen molar-refractivity contribution in [2.75, 3.05) is 6.61 Å². The average molecular weight is 449 g/mol. The van der Waals surface area contributed by atoms with Gasteiger partial charge in [0.15, 0.2) is 0 Å². The molecule has 6 heteroatoms. The molecule has 1 fully saturated rings. The topological polar surface area (TPSA) is 61.8 Å². The lowest BCUT2D eigenvalue weighted by Crippen LogP contribution is -2.43. The van der Waals surface area contributed by atoms with Crippen molar-refractivity contribution in [3.8, 4) is 0 Å². The smallest absolute Gasteiger partial charge is 0.338 e. The molecule has 0 N–H and O–H groups in total. The van der Waals surface area contributed by atoms with Crippen LogP contribution >= 0.6 is 11.8 Å². The van der Waals surface area contributed by atoms with Crippen molar-refractivity contribution in [1.29, 1.82) is 0 Å². The lowest BCUT2D eigenvalue weighted by Gasteiger charge is -2.35. The van der Waals surface area contributed by atoms with Crippen LogP contribution in [0, 0.1) is 0 Å². The highest BCUT2D eigenvalue weighted by Crippen LogP contribution is 2.34. The van der Waals surface area contributed by atoms with E-state index in [1.165, 1.54) is 0 Å². The first-order chi connectivity index (χ1) is 15.7. The Kier molecular flexibility index (Phi) is 7.59. The van der Waals surface area contributed by atoms with Crippen molar-refractivity contribution in [3.63, 3.8) is 0 Å². The van der Waals surface area contributed by atoms with E-state index in [1.807, 2.05) is 42.5 Å². The molecule has 3 aromatic rings. The summed E-state index contributed by atoms with van der Waals surface area (Å²) in [6.45, 7) is 0.00626. The number of hydrogen-bond donors (Lipinski definition) is 0. The van der Waals surface area contributed by atoms with Gasteiger partial charge in [0.2, 0.25) is 0 Å². The van der Waals surface area contributed by atoms with Gasteiger partial charge in [0.05, 0.1) is 11.1 Å². The fourth-order valence-corrected chi connectivity index (χ4v) is 4.52. The predicted octanol–water partition coefficient (Wildman–Crippen LogP) is 5.37. The Morgan fingerprint density at radius 1 is 0.781 bits per heavy atom.